The van der Waals surface area contributed by atoms with Crippen LogP contribution in [0.5, 0.6) is 0 Å². The van der Waals surface area contributed by atoms with Crippen LogP contribution in [0.2, 0.25) is 0 Å². The normalized spacial score (nSPS) is 17.6. The highest BCUT2D eigenvalue weighted by molar-refractivity contribution is 5.67. The second kappa shape index (κ2) is 10.8. The Bertz CT molecular complexity index is 1370. The number of rotatable bonds is 7. The number of pyridine rings is 2. The van der Waals surface area contributed by atoms with Gasteiger partial charge in [0.15, 0.2) is 5.69 Å². The van der Waals surface area contributed by atoms with Gasteiger partial charge in [0, 0.05) is 66.9 Å². The predicted molar refractivity (Wildman–Crippen MR) is 150 cm³/mol. The monoisotopic (exact) mass is 533 g/mol. The highest BCUT2D eigenvalue weighted by Crippen LogP contribution is 2.37. The summed E-state index contributed by atoms with van der Waals surface area (Å²) in [6.45, 7) is 12.3. The topological polar surface area (TPSA) is 44.3 Å². The smallest absolute Gasteiger partial charge is 0.378 e. The molecule has 0 radical (unpaired) electrons. The van der Waals surface area contributed by atoms with Crippen molar-refractivity contribution in [1.82, 2.24) is 20.2 Å². The second-order valence-corrected chi connectivity index (χ2v) is 10.5. The fraction of sp³-hybridized carbons (Fsp3) is 0.355. The van der Waals surface area contributed by atoms with Crippen molar-refractivity contribution < 1.29 is 13.2 Å². The molecular formula is C31H34F3N5. The molecule has 1 saturated heterocycles. The lowest BCUT2D eigenvalue weighted by molar-refractivity contribution is -0.141. The summed E-state index contributed by atoms with van der Waals surface area (Å²) in [6.07, 6.45) is 2.17. The average Bonchev–Trinajstić information content (AvgIpc) is 3.33. The third-order valence-corrected chi connectivity index (χ3v) is 7.99. The number of benzene rings is 1. The summed E-state index contributed by atoms with van der Waals surface area (Å²) in [6, 6.07) is 13.7. The zero-order valence-electron chi connectivity index (χ0n) is 22.4. The maximum atomic E-state index is 13.5. The van der Waals surface area contributed by atoms with Gasteiger partial charge in [-0.15, -0.1) is 0 Å². The molecule has 0 spiro atoms. The van der Waals surface area contributed by atoms with Crippen LogP contribution in [0, 0.1) is 6.92 Å². The molecule has 1 aromatic carbocycles. The Morgan fingerprint density at radius 1 is 1.03 bits per heavy atom. The minimum Gasteiger partial charge on any atom is -0.378 e. The van der Waals surface area contributed by atoms with Crippen molar-refractivity contribution in [3.05, 3.63) is 102 Å². The minimum absolute atomic E-state index is 0.0213. The number of nitrogens with one attached hydrogen (secondary N) is 1. The van der Waals surface area contributed by atoms with Gasteiger partial charge < -0.3 is 15.1 Å². The molecule has 8 heteroatoms. The quantitative estimate of drug-likeness (QED) is 0.370. The molecule has 0 bridgehead atoms. The molecule has 1 atom stereocenters. The molecule has 1 aliphatic carbocycles. The maximum absolute atomic E-state index is 13.5. The van der Waals surface area contributed by atoms with Crippen LogP contribution in [-0.4, -0.2) is 41.0 Å². The highest BCUT2D eigenvalue weighted by Gasteiger charge is 2.36. The molecule has 0 amide bonds. The van der Waals surface area contributed by atoms with Crippen LogP contribution in [0.1, 0.15) is 58.9 Å². The average molecular weight is 534 g/mol. The van der Waals surface area contributed by atoms with E-state index >= 15 is 0 Å². The number of halogens is 3. The fourth-order valence-corrected chi connectivity index (χ4v) is 5.76. The van der Waals surface area contributed by atoms with Crippen molar-refractivity contribution in [2.75, 3.05) is 25.0 Å². The van der Waals surface area contributed by atoms with Crippen LogP contribution < -0.4 is 10.2 Å². The molecule has 1 N–H and O–H groups in total. The Morgan fingerprint density at radius 3 is 2.51 bits per heavy atom. The van der Waals surface area contributed by atoms with Gasteiger partial charge in [-0.05, 0) is 79.6 Å². The maximum Gasteiger partial charge on any atom is 0.434 e. The Balaban J connectivity index is 1.26. The van der Waals surface area contributed by atoms with Crippen molar-refractivity contribution in [2.24, 2.45) is 0 Å². The summed E-state index contributed by atoms with van der Waals surface area (Å²) in [7, 11) is 2.10. The van der Waals surface area contributed by atoms with E-state index in [1.54, 1.807) is 0 Å². The van der Waals surface area contributed by atoms with Gasteiger partial charge >= 0.3 is 6.18 Å². The zero-order chi connectivity index (χ0) is 27.7. The third kappa shape index (κ3) is 5.65. The third-order valence-electron chi connectivity index (χ3n) is 7.99. The molecule has 2 aliphatic rings. The van der Waals surface area contributed by atoms with Crippen LogP contribution in [0.25, 0.3) is 11.4 Å². The number of alkyl halides is 3. The summed E-state index contributed by atoms with van der Waals surface area (Å²) < 4.78 is 40.5. The SMILES string of the molecule is C=C(NC1CCc2ccc(C(=C)N(C)C3CCN(c4ccnc(C)c4)CC3)cc21)c1cccnc1C(F)(F)F. The minimum atomic E-state index is -4.54. The molecule has 3 aromatic rings. The van der Waals surface area contributed by atoms with Crippen LogP contribution >= 0.6 is 0 Å². The van der Waals surface area contributed by atoms with Crippen LogP contribution in [0.4, 0.5) is 18.9 Å². The van der Waals surface area contributed by atoms with E-state index in [1.165, 1.54) is 23.4 Å². The van der Waals surface area contributed by atoms with Gasteiger partial charge in [0.2, 0.25) is 0 Å². The summed E-state index contributed by atoms with van der Waals surface area (Å²) in [4.78, 5) is 12.6. The number of fused-ring (bicyclic) bond motifs is 1. The van der Waals surface area contributed by atoms with Crippen molar-refractivity contribution in [3.63, 3.8) is 0 Å². The van der Waals surface area contributed by atoms with Gasteiger partial charge in [0.05, 0.1) is 6.04 Å². The van der Waals surface area contributed by atoms with E-state index < -0.39 is 11.9 Å². The first-order valence-corrected chi connectivity index (χ1v) is 13.3. The number of hydrogen-bond acceptors (Lipinski definition) is 5. The molecule has 5 rings (SSSR count). The number of aromatic nitrogens is 2. The van der Waals surface area contributed by atoms with Crippen molar-refractivity contribution in [2.45, 2.75) is 50.9 Å². The van der Waals surface area contributed by atoms with E-state index in [0.717, 1.165) is 67.5 Å². The second-order valence-electron chi connectivity index (χ2n) is 10.5. The number of hydrogen-bond donors (Lipinski definition) is 1. The van der Waals surface area contributed by atoms with E-state index in [2.05, 4.69) is 75.6 Å². The lowest BCUT2D eigenvalue weighted by Gasteiger charge is -2.39. The number of aryl methyl sites for hydroxylation is 2. The van der Waals surface area contributed by atoms with Gasteiger partial charge in [0.1, 0.15) is 0 Å². The lowest BCUT2D eigenvalue weighted by atomic mass is 9.98. The van der Waals surface area contributed by atoms with E-state index in [0.29, 0.717) is 6.04 Å². The Hall–Kier alpha value is -3.81. The number of piperidine rings is 1. The van der Waals surface area contributed by atoms with Crippen molar-refractivity contribution in [3.8, 4) is 0 Å². The van der Waals surface area contributed by atoms with E-state index in [-0.39, 0.29) is 17.3 Å². The first kappa shape index (κ1) is 26.8. The molecule has 0 saturated carbocycles. The molecule has 2 aromatic heterocycles. The standard InChI is InChI=1S/C31H34F3N5/c1-20-18-26(11-15-35-20)39-16-12-25(13-17-39)38(4)22(3)24-8-7-23-9-10-29(28(23)19-24)37-21(2)27-6-5-14-36-30(27)31(32,33)34/h5-8,11,14-15,18-19,25,29,37H,2-3,9-10,12-13,16-17H2,1,4H3. The van der Waals surface area contributed by atoms with Gasteiger partial charge in [0.25, 0.3) is 0 Å². The van der Waals surface area contributed by atoms with Crippen LogP contribution in [-0.2, 0) is 12.6 Å². The molecule has 39 heavy (non-hydrogen) atoms. The first-order chi connectivity index (χ1) is 18.6. The number of nitrogens with zero attached hydrogens (tertiary/aromatic N) is 4. The van der Waals surface area contributed by atoms with E-state index in [4.69, 9.17) is 0 Å². The molecule has 1 unspecified atom stereocenters. The van der Waals surface area contributed by atoms with Crippen molar-refractivity contribution in [1.29, 1.82) is 0 Å². The zero-order valence-corrected chi connectivity index (χ0v) is 22.4. The lowest BCUT2D eigenvalue weighted by Crippen LogP contribution is -2.42. The number of anilines is 1. The first-order valence-electron chi connectivity index (χ1n) is 13.3. The van der Waals surface area contributed by atoms with Crippen LogP contribution in [0.15, 0.2) is 68.0 Å². The van der Waals surface area contributed by atoms with E-state index in [9.17, 15) is 13.2 Å². The van der Waals surface area contributed by atoms with Gasteiger partial charge in [-0.3, -0.25) is 9.97 Å². The van der Waals surface area contributed by atoms with Gasteiger partial charge in [-0.25, -0.2) is 0 Å². The fourth-order valence-electron chi connectivity index (χ4n) is 5.76. The Labute approximate surface area is 228 Å². The summed E-state index contributed by atoms with van der Waals surface area (Å²) >= 11 is 0. The molecule has 204 valence electrons. The largest absolute Gasteiger partial charge is 0.434 e. The summed E-state index contributed by atoms with van der Waals surface area (Å²) in [5.41, 5.74) is 5.79. The van der Waals surface area contributed by atoms with Crippen LogP contribution in [0.3, 0.4) is 0 Å². The molecule has 3 heterocycles. The van der Waals surface area contributed by atoms with Crippen molar-refractivity contribution >= 4 is 17.1 Å². The molecular weight excluding hydrogens is 499 g/mol. The Morgan fingerprint density at radius 2 is 1.79 bits per heavy atom. The van der Waals surface area contributed by atoms with Gasteiger partial charge in [-0.2, -0.15) is 13.2 Å². The summed E-state index contributed by atoms with van der Waals surface area (Å²) in [5, 5.41) is 3.26. The Kier molecular flexibility index (Phi) is 7.38. The molecule has 1 aliphatic heterocycles. The predicted octanol–water partition coefficient (Wildman–Crippen LogP) is 6.62. The summed E-state index contributed by atoms with van der Waals surface area (Å²) in [5.74, 6) is 0. The molecule has 1 fully saturated rings. The van der Waals surface area contributed by atoms with E-state index in [1.807, 2.05) is 13.1 Å². The highest BCUT2D eigenvalue weighted by atomic mass is 19.4. The van der Waals surface area contributed by atoms with Gasteiger partial charge in [-0.1, -0.05) is 25.3 Å². The molecule has 5 nitrogen and oxygen atoms in total.